The summed E-state index contributed by atoms with van der Waals surface area (Å²) in [5, 5.41) is 3.59. The molecule has 1 atom stereocenters. The van der Waals surface area contributed by atoms with E-state index in [1.54, 1.807) is 11.1 Å². The highest BCUT2D eigenvalue weighted by atomic mass is 15.0. The molecule has 1 aromatic carbocycles. The Bertz CT molecular complexity index is 331. The van der Waals surface area contributed by atoms with Gasteiger partial charge in [0, 0.05) is 12.6 Å². The number of hydrogen-bond acceptors (Lipinski definition) is 1. The Morgan fingerprint density at radius 1 is 1.21 bits per heavy atom. The van der Waals surface area contributed by atoms with Crippen LogP contribution in [0.1, 0.15) is 24.5 Å². The van der Waals surface area contributed by atoms with Crippen LogP contribution in [0.2, 0.25) is 0 Å². The highest BCUT2D eigenvalue weighted by molar-refractivity contribution is 5.35. The van der Waals surface area contributed by atoms with Crippen LogP contribution in [-0.2, 0) is 12.8 Å². The quantitative estimate of drug-likeness (QED) is 0.656. The van der Waals surface area contributed by atoms with Gasteiger partial charge in [-0.25, -0.2) is 0 Å². The minimum Gasteiger partial charge on any atom is -0.314 e. The Balaban J connectivity index is 1.91. The third kappa shape index (κ3) is 1.19. The zero-order chi connectivity index (χ0) is 9.60. The van der Waals surface area contributed by atoms with Crippen molar-refractivity contribution in [3.8, 4) is 0 Å². The van der Waals surface area contributed by atoms with Gasteiger partial charge in [0.05, 0.1) is 0 Å². The zero-order valence-corrected chi connectivity index (χ0v) is 8.72. The van der Waals surface area contributed by atoms with Crippen molar-refractivity contribution < 1.29 is 0 Å². The van der Waals surface area contributed by atoms with Gasteiger partial charge in [0.2, 0.25) is 0 Å². The molecule has 1 heteroatoms. The van der Waals surface area contributed by atoms with Crippen LogP contribution in [0.4, 0.5) is 0 Å². The van der Waals surface area contributed by atoms with Gasteiger partial charge in [0.15, 0.2) is 0 Å². The molecular weight excluding hydrogens is 170 g/mol. The zero-order valence-electron chi connectivity index (χ0n) is 8.72. The van der Waals surface area contributed by atoms with Crippen LogP contribution >= 0.6 is 0 Å². The maximum atomic E-state index is 3.59. The fourth-order valence-electron chi connectivity index (χ4n) is 3.23. The number of hydrogen-bond donors (Lipinski definition) is 1. The van der Waals surface area contributed by atoms with E-state index in [2.05, 4.69) is 36.5 Å². The first-order valence-electron chi connectivity index (χ1n) is 5.58. The van der Waals surface area contributed by atoms with E-state index in [1.165, 1.54) is 25.8 Å². The minimum absolute atomic E-state index is 0.559. The van der Waals surface area contributed by atoms with Crippen LogP contribution in [0.15, 0.2) is 24.3 Å². The van der Waals surface area contributed by atoms with Crippen LogP contribution < -0.4 is 5.32 Å². The molecule has 1 heterocycles. The van der Waals surface area contributed by atoms with Crippen molar-refractivity contribution in [2.75, 3.05) is 6.54 Å². The summed E-state index contributed by atoms with van der Waals surface area (Å²) in [5.41, 5.74) is 3.73. The van der Waals surface area contributed by atoms with Gasteiger partial charge in [-0.2, -0.15) is 0 Å². The molecule has 0 bridgehead atoms. The first kappa shape index (κ1) is 8.49. The molecule has 1 fully saturated rings. The second-order valence-corrected chi connectivity index (χ2v) is 5.11. The van der Waals surface area contributed by atoms with Gasteiger partial charge in [-0.05, 0) is 42.7 Å². The monoisotopic (exact) mass is 187 g/mol. The van der Waals surface area contributed by atoms with Crippen LogP contribution in [0.3, 0.4) is 0 Å². The lowest BCUT2D eigenvalue weighted by Gasteiger charge is -2.20. The van der Waals surface area contributed by atoms with E-state index < -0.39 is 0 Å². The third-order valence-corrected chi connectivity index (χ3v) is 3.81. The Hall–Kier alpha value is -0.820. The molecule has 14 heavy (non-hydrogen) atoms. The van der Waals surface area contributed by atoms with Crippen molar-refractivity contribution in [2.24, 2.45) is 5.41 Å². The molecule has 1 saturated heterocycles. The molecule has 0 saturated carbocycles. The van der Waals surface area contributed by atoms with Crippen molar-refractivity contribution in [3.05, 3.63) is 35.4 Å². The first-order valence-corrected chi connectivity index (χ1v) is 5.58. The Morgan fingerprint density at radius 2 is 1.86 bits per heavy atom. The van der Waals surface area contributed by atoms with Gasteiger partial charge in [-0.1, -0.05) is 24.3 Å². The number of benzene rings is 1. The number of fused-ring (bicyclic) bond motifs is 1. The van der Waals surface area contributed by atoms with E-state index in [1.807, 2.05) is 0 Å². The fourth-order valence-corrected chi connectivity index (χ4v) is 3.23. The van der Waals surface area contributed by atoms with Gasteiger partial charge < -0.3 is 5.32 Å². The van der Waals surface area contributed by atoms with Gasteiger partial charge in [0.1, 0.15) is 0 Å². The largest absolute Gasteiger partial charge is 0.314 e. The molecule has 1 nitrogen and oxygen atoms in total. The van der Waals surface area contributed by atoms with Crippen molar-refractivity contribution >= 4 is 0 Å². The molecule has 1 aliphatic heterocycles. The van der Waals surface area contributed by atoms with Crippen molar-refractivity contribution in [3.63, 3.8) is 0 Å². The third-order valence-electron chi connectivity index (χ3n) is 3.81. The molecule has 0 aromatic heterocycles. The summed E-state index contributed by atoms with van der Waals surface area (Å²) >= 11 is 0. The van der Waals surface area contributed by atoms with Gasteiger partial charge in [0.25, 0.3) is 0 Å². The van der Waals surface area contributed by atoms with Gasteiger partial charge >= 0.3 is 0 Å². The predicted molar refractivity (Wildman–Crippen MR) is 58.4 cm³/mol. The topological polar surface area (TPSA) is 12.0 Å². The summed E-state index contributed by atoms with van der Waals surface area (Å²) in [6.45, 7) is 3.51. The average molecular weight is 187 g/mol. The van der Waals surface area contributed by atoms with Crippen LogP contribution in [0, 0.1) is 5.41 Å². The summed E-state index contributed by atoms with van der Waals surface area (Å²) in [7, 11) is 0. The summed E-state index contributed by atoms with van der Waals surface area (Å²) in [4.78, 5) is 0. The SMILES string of the molecule is C[C@@H]1CC2(CN1)Cc1ccccc1C2. The van der Waals surface area contributed by atoms with Crippen molar-refractivity contribution in [1.82, 2.24) is 5.32 Å². The van der Waals surface area contributed by atoms with E-state index in [0.29, 0.717) is 11.5 Å². The second kappa shape index (κ2) is 2.83. The van der Waals surface area contributed by atoms with Crippen molar-refractivity contribution in [2.45, 2.75) is 32.2 Å². The van der Waals surface area contributed by atoms with Gasteiger partial charge in [-0.15, -0.1) is 0 Å². The smallest absolute Gasteiger partial charge is 0.00449 e. The Kier molecular flexibility index (Phi) is 1.72. The standard InChI is InChI=1S/C13H17N/c1-10-6-13(9-14-10)7-11-4-2-3-5-12(11)8-13/h2-5,10,14H,6-9H2,1H3/t10-/m1/s1. The molecular formula is C13H17N. The maximum absolute atomic E-state index is 3.59. The molecule has 0 unspecified atom stereocenters. The summed E-state index contributed by atoms with van der Waals surface area (Å²) < 4.78 is 0. The molecule has 0 radical (unpaired) electrons. The normalized spacial score (nSPS) is 28.2. The van der Waals surface area contributed by atoms with E-state index in [9.17, 15) is 0 Å². The summed E-state index contributed by atoms with van der Waals surface area (Å²) in [6, 6.07) is 9.65. The lowest BCUT2D eigenvalue weighted by molar-refractivity contribution is 0.339. The number of rotatable bonds is 0. The molecule has 0 amide bonds. The van der Waals surface area contributed by atoms with E-state index >= 15 is 0 Å². The predicted octanol–water partition coefficient (Wildman–Crippen LogP) is 2.15. The number of nitrogens with one attached hydrogen (secondary N) is 1. The second-order valence-electron chi connectivity index (χ2n) is 5.11. The molecule has 1 N–H and O–H groups in total. The average Bonchev–Trinajstić information content (AvgIpc) is 2.69. The minimum atomic E-state index is 0.559. The van der Waals surface area contributed by atoms with Crippen LogP contribution in [0.5, 0.6) is 0 Å². The van der Waals surface area contributed by atoms with Crippen LogP contribution in [0.25, 0.3) is 0 Å². The Labute approximate surface area is 85.5 Å². The molecule has 74 valence electrons. The van der Waals surface area contributed by atoms with E-state index in [0.717, 1.165) is 0 Å². The molecule has 1 aliphatic carbocycles. The van der Waals surface area contributed by atoms with Gasteiger partial charge in [-0.3, -0.25) is 0 Å². The molecule has 1 spiro atoms. The lowest BCUT2D eigenvalue weighted by atomic mass is 9.83. The van der Waals surface area contributed by atoms with E-state index in [4.69, 9.17) is 0 Å². The summed E-state index contributed by atoms with van der Waals surface area (Å²) in [6.07, 6.45) is 3.93. The molecule has 2 aliphatic rings. The maximum Gasteiger partial charge on any atom is 0.00449 e. The first-order chi connectivity index (χ1) is 6.77. The highest BCUT2D eigenvalue weighted by Gasteiger charge is 2.41. The van der Waals surface area contributed by atoms with Crippen molar-refractivity contribution in [1.29, 1.82) is 0 Å². The van der Waals surface area contributed by atoms with E-state index in [-0.39, 0.29) is 0 Å². The molecule has 1 aromatic rings. The van der Waals surface area contributed by atoms with Crippen LogP contribution in [-0.4, -0.2) is 12.6 Å². The summed E-state index contributed by atoms with van der Waals surface area (Å²) in [5.74, 6) is 0. The highest BCUT2D eigenvalue weighted by Crippen LogP contribution is 2.42. The lowest BCUT2D eigenvalue weighted by Crippen LogP contribution is -2.24. The fraction of sp³-hybridized carbons (Fsp3) is 0.538. The molecule has 3 rings (SSSR count). The Morgan fingerprint density at radius 3 is 2.36 bits per heavy atom.